The van der Waals surface area contributed by atoms with Gasteiger partial charge in [0.2, 0.25) is 11.9 Å². The van der Waals surface area contributed by atoms with Crippen LogP contribution in [0.25, 0.3) is 11.2 Å². The van der Waals surface area contributed by atoms with Gasteiger partial charge in [-0.3, -0.25) is 9.20 Å². The van der Waals surface area contributed by atoms with Gasteiger partial charge in [-0.15, -0.1) is 10.2 Å². The first-order chi connectivity index (χ1) is 14.1. The largest absolute Gasteiger partial charge is 0.493 e. The minimum atomic E-state index is -0.270. The van der Waals surface area contributed by atoms with Crippen LogP contribution in [0.3, 0.4) is 0 Å². The van der Waals surface area contributed by atoms with Crippen LogP contribution in [-0.2, 0) is 17.8 Å². The fourth-order valence-corrected chi connectivity index (χ4v) is 3.79. The van der Waals surface area contributed by atoms with Crippen LogP contribution in [0, 0.1) is 5.82 Å². The Morgan fingerprint density at radius 1 is 1.31 bits per heavy atom. The summed E-state index contributed by atoms with van der Waals surface area (Å²) < 4.78 is 21.6. The Kier molecular flexibility index (Phi) is 4.15. The molecule has 4 heterocycles. The predicted molar refractivity (Wildman–Crippen MR) is 104 cm³/mol. The molecule has 0 aliphatic carbocycles. The molecule has 5 rings (SSSR count). The number of fused-ring (bicyclic) bond motifs is 2. The highest BCUT2D eigenvalue weighted by Crippen LogP contribution is 2.31. The summed E-state index contributed by atoms with van der Waals surface area (Å²) in [7, 11) is 1.78. The number of carbonyl (C=O) groups excluding carboxylic acids is 1. The number of aromatic nitrogens is 4. The molecule has 0 spiro atoms. The highest BCUT2D eigenvalue weighted by Gasteiger charge is 2.21. The van der Waals surface area contributed by atoms with E-state index in [1.807, 2.05) is 0 Å². The van der Waals surface area contributed by atoms with Gasteiger partial charge in [0.25, 0.3) is 0 Å². The second-order valence-electron chi connectivity index (χ2n) is 7.15. The van der Waals surface area contributed by atoms with Gasteiger partial charge in [0.05, 0.1) is 6.61 Å². The summed E-state index contributed by atoms with van der Waals surface area (Å²) in [6, 6.07) is 3.10. The lowest BCUT2D eigenvalue weighted by atomic mass is 10.0. The van der Waals surface area contributed by atoms with Gasteiger partial charge in [-0.05, 0) is 24.1 Å². The minimum absolute atomic E-state index is 0.0401. The van der Waals surface area contributed by atoms with Crippen LogP contribution >= 0.6 is 0 Å². The number of hydrogen-bond donors (Lipinski definition) is 1. The van der Waals surface area contributed by atoms with Crippen LogP contribution < -0.4 is 10.1 Å². The standard InChI is InChI=1S/C20H19FN6O2/c1-26-6-4-12(8-18(26)28)14-9-22-20(27-11-24-25-19(14)27)23-10-15-13-5-7-29-17(13)3-2-16(15)21/h2-3,8-9,11H,4-7,10H2,1H3,(H,22,23). The minimum Gasteiger partial charge on any atom is -0.493 e. The molecule has 2 aromatic heterocycles. The molecule has 0 unspecified atom stereocenters. The van der Waals surface area contributed by atoms with Gasteiger partial charge in [0, 0.05) is 55.5 Å². The molecule has 1 N–H and O–H groups in total. The van der Waals surface area contributed by atoms with Crippen molar-refractivity contribution in [2.24, 2.45) is 0 Å². The van der Waals surface area contributed by atoms with E-state index in [0.29, 0.717) is 36.7 Å². The quantitative estimate of drug-likeness (QED) is 0.729. The topological polar surface area (TPSA) is 84.7 Å². The molecule has 0 radical (unpaired) electrons. The fraction of sp³-hybridized carbons (Fsp3) is 0.300. The number of ether oxygens (including phenoxy) is 1. The average Bonchev–Trinajstić information content (AvgIpc) is 3.39. The number of carbonyl (C=O) groups is 1. The van der Waals surface area contributed by atoms with Crippen LogP contribution in [0.1, 0.15) is 23.1 Å². The molecule has 1 aromatic carbocycles. The number of anilines is 1. The van der Waals surface area contributed by atoms with Crippen LogP contribution in [0.2, 0.25) is 0 Å². The van der Waals surface area contributed by atoms with Crippen molar-refractivity contribution in [1.82, 2.24) is 24.5 Å². The summed E-state index contributed by atoms with van der Waals surface area (Å²) >= 11 is 0. The average molecular weight is 394 g/mol. The van der Waals surface area contributed by atoms with Gasteiger partial charge in [0.1, 0.15) is 17.9 Å². The van der Waals surface area contributed by atoms with Gasteiger partial charge < -0.3 is 15.0 Å². The molecule has 0 bridgehead atoms. The molecule has 8 nitrogen and oxygen atoms in total. The van der Waals surface area contributed by atoms with Crippen molar-refractivity contribution in [3.63, 3.8) is 0 Å². The number of rotatable bonds is 4. The number of amides is 1. The molecule has 3 aromatic rings. The summed E-state index contributed by atoms with van der Waals surface area (Å²) in [5.41, 5.74) is 3.73. The maximum absolute atomic E-state index is 14.4. The monoisotopic (exact) mass is 394 g/mol. The van der Waals surface area contributed by atoms with E-state index in [1.54, 1.807) is 41.0 Å². The normalized spacial score (nSPS) is 16.0. The SMILES string of the molecule is CN1CCC(c2cnc(NCc3c(F)ccc4c3CCO4)n3cnnc23)=CC1=O. The molecule has 2 aliphatic heterocycles. The molecular weight excluding hydrogens is 375 g/mol. The van der Waals surface area contributed by atoms with Crippen molar-refractivity contribution in [2.45, 2.75) is 19.4 Å². The number of likely N-dealkylation sites (N-methyl/N-ethyl adjacent to an activating group) is 1. The molecule has 29 heavy (non-hydrogen) atoms. The highest BCUT2D eigenvalue weighted by atomic mass is 19.1. The number of nitrogens with zero attached hydrogens (tertiary/aromatic N) is 5. The molecule has 0 fully saturated rings. The lowest BCUT2D eigenvalue weighted by molar-refractivity contribution is -0.125. The van der Waals surface area contributed by atoms with Crippen LogP contribution in [-0.4, -0.2) is 50.6 Å². The fourth-order valence-electron chi connectivity index (χ4n) is 3.79. The number of halogens is 1. The Morgan fingerprint density at radius 2 is 2.21 bits per heavy atom. The zero-order valence-electron chi connectivity index (χ0n) is 15.9. The smallest absolute Gasteiger partial charge is 0.246 e. The molecule has 2 aliphatic rings. The Morgan fingerprint density at radius 3 is 3.07 bits per heavy atom. The third kappa shape index (κ3) is 2.98. The summed E-state index contributed by atoms with van der Waals surface area (Å²) in [5.74, 6) is 0.930. The molecule has 9 heteroatoms. The molecule has 1 amide bonds. The van der Waals surface area contributed by atoms with E-state index in [-0.39, 0.29) is 18.3 Å². The van der Waals surface area contributed by atoms with Gasteiger partial charge in [-0.2, -0.15) is 0 Å². The predicted octanol–water partition coefficient (Wildman–Crippen LogP) is 2.06. The van der Waals surface area contributed by atoms with Crippen molar-refractivity contribution in [3.8, 4) is 5.75 Å². The Balaban J connectivity index is 1.46. The highest BCUT2D eigenvalue weighted by molar-refractivity contribution is 5.98. The van der Waals surface area contributed by atoms with Gasteiger partial charge in [-0.1, -0.05) is 0 Å². The Bertz CT molecular complexity index is 1160. The van der Waals surface area contributed by atoms with Crippen molar-refractivity contribution in [3.05, 3.63) is 53.2 Å². The van der Waals surface area contributed by atoms with Gasteiger partial charge in [0.15, 0.2) is 5.65 Å². The van der Waals surface area contributed by atoms with Crippen LogP contribution in [0.15, 0.2) is 30.7 Å². The number of hydrogen-bond acceptors (Lipinski definition) is 6. The lowest BCUT2D eigenvalue weighted by Crippen LogP contribution is -2.29. The summed E-state index contributed by atoms with van der Waals surface area (Å²) in [6.07, 6.45) is 6.27. The zero-order valence-corrected chi connectivity index (χ0v) is 15.9. The van der Waals surface area contributed by atoms with Gasteiger partial charge in [-0.25, -0.2) is 9.37 Å². The van der Waals surface area contributed by atoms with Crippen LogP contribution in [0.5, 0.6) is 5.75 Å². The zero-order chi connectivity index (χ0) is 20.0. The van der Waals surface area contributed by atoms with Crippen molar-refractivity contribution >= 4 is 23.1 Å². The first-order valence-electron chi connectivity index (χ1n) is 9.43. The van der Waals surface area contributed by atoms with E-state index < -0.39 is 0 Å². The Hall–Kier alpha value is -3.49. The summed E-state index contributed by atoms with van der Waals surface area (Å²) in [4.78, 5) is 18.2. The summed E-state index contributed by atoms with van der Waals surface area (Å²) in [6.45, 7) is 1.48. The van der Waals surface area contributed by atoms with E-state index in [2.05, 4.69) is 20.5 Å². The third-order valence-electron chi connectivity index (χ3n) is 5.43. The first kappa shape index (κ1) is 17.6. The van der Waals surface area contributed by atoms with Gasteiger partial charge >= 0.3 is 0 Å². The van der Waals surface area contributed by atoms with E-state index in [9.17, 15) is 9.18 Å². The lowest BCUT2D eigenvalue weighted by Gasteiger charge is -2.22. The Labute approximate surface area is 166 Å². The number of benzene rings is 1. The molecule has 0 atom stereocenters. The van der Waals surface area contributed by atoms with E-state index in [4.69, 9.17) is 4.74 Å². The second-order valence-corrected chi connectivity index (χ2v) is 7.15. The number of nitrogens with one attached hydrogen (secondary N) is 1. The maximum atomic E-state index is 14.4. The molecule has 0 saturated carbocycles. The molecule has 148 valence electrons. The van der Waals surface area contributed by atoms with Crippen molar-refractivity contribution < 1.29 is 13.9 Å². The van der Waals surface area contributed by atoms with E-state index >= 15 is 0 Å². The first-order valence-corrected chi connectivity index (χ1v) is 9.43. The second kappa shape index (κ2) is 6.84. The van der Waals surface area contributed by atoms with Crippen molar-refractivity contribution in [2.75, 3.05) is 25.5 Å². The van der Waals surface area contributed by atoms with Crippen molar-refractivity contribution in [1.29, 1.82) is 0 Å². The van der Waals surface area contributed by atoms with E-state index in [1.165, 1.54) is 6.07 Å². The molecular formula is C20H19FN6O2. The maximum Gasteiger partial charge on any atom is 0.246 e. The van der Waals surface area contributed by atoms with E-state index in [0.717, 1.165) is 28.9 Å². The molecule has 0 saturated heterocycles. The van der Waals surface area contributed by atoms with Crippen LogP contribution in [0.4, 0.5) is 10.3 Å². The third-order valence-corrected chi connectivity index (χ3v) is 5.43. The summed E-state index contributed by atoms with van der Waals surface area (Å²) in [5, 5.41) is 11.4.